The van der Waals surface area contributed by atoms with E-state index in [0.29, 0.717) is 0 Å². The second kappa shape index (κ2) is 3.24. The topological polar surface area (TPSA) is 3.24 Å². The van der Waals surface area contributed by atoms with E-state index in [0.717, 1.165) is 0 Å². The minimum absolute atomic E-state index is 1.27. The first-order valence-electron chi connectivity index (χ1n) is 6.20. The van der Waals surface area contributed by atoms with Crippen LogP contribution in [-0.2, 0) is 12.8 Å². The number of nitrogens with zero attached hydrogens (tertiary/aromatic N) is 1. The molecule has 0 aliphatic carbocycles. The molecule has 0 radical (unpaired) electrons. The summed E-state index contributed by atoms with van der Waals surface area (Å²) in [6, 6.07) is 4.71. The molecule has 16 heavy (non-hydrogen) atoms. The average Bonchev–Trinajstić information content (AvgIpc) is 2.78. The molecule has 3 heterocycles. The summed E-state index contributed by atoms with van der Waals surface area (Å²) in [5, 5.41) is 3.72. The molecule has 0 atom stereocenters. The van der Waals surface area contributed by atoms with Crippen molar-refractivity contribution >= 4 is 27.1 Å². The van der Waals surface area contributed by atoms with Crippen molar-refractivity contribution in [2.24, 2.45) is 0 Å². The molecule has 2 aliphatic rings. The summed E-state index contributed by atoms with van der Waals surface area (Å²) in [5.74, 6) is 0. The van der Waals surface area contributed by atoms with Crippen LogP contribution in [0.15, 0.2) is 17.5 Å². The Labute approximate surface area is 99.7 Å². The fourth-order valence-corrected chi connectivity index (χ4v) is 4.25. The van der Waals surface area contributed by atoms with Gasteiger partial charge in [-0.05, 0) is 59.7 Å². The molecule has 0 unspecified atom stereocenters. The molecule has 0 amide bonds. The first kappa shape index (κ1) is 9.06. The van der Waals surface area contributed by atoms with E-state index in [4.69, 9.17) is 0 Å². The third-order valence-corrected chi connectivity index (χ3v) is 4.92. The second-order valence-corrected chi connectivity index (χ2v) is 5.81. The maximum Gasteiger partial charge on any atom is 0.0445 e. The van der Waals surface area contributed by atoms with E-state index >= 15 is 0 Å². The number of rotatable bonds is 0. The number of thiophene rings is 1. The van der Waals surface area contributed by atoms with Gasteiger partial charge in [0, 0.05) is 23.5 Å². The van der Waals surface area contributed by atoms with Crippen LogP contribution in [-0.4, -0.2) is 13.1 Å². The molecule has 0 N–H and O–H groups in total. The van der Waals surface area contributed by atoms with Gasteiger partial charge in [-0.1, -0.05) is 0 Å². The van der Waals surface area contributed by atoms with Gasteiger partial charge in [0.1, 0.15) is 0 Å². The number of hydrogen-bond donors (Lipinski definition) is 0. The molecule has 0 saturated heterocycles. The van der Waals surface area contributed by atoms with Gasteiger partial charge >= 0.3 is 0 Å². The minimum Gasteiger partial charge on any atom is -0.371 e. The summed E-state index contributed by atoms with van der Waals surface area (Å²) < 4.78 is 1.55. The summed E-state index contributed by atoms with van der Waals surface area (Å²) in [7, 11) is 0. The van der Waals surface area contributed by atoms with E-state index in [1.54, 1.807) is 21.5 Å². The Bertz CT molecular complexity index is 553. The summed E-state index contributed by atoms with van der Waals surface area (Å²) in [6.07, 6.45) is 5.24. The Balaban J connectivity index is 2.10. The van der Waals surface area contributed by atoms with Crippen LogP contribution in [0.4, 0.5) is 5.69 Å². The van der Waals surface area contributed by atoms with Crippen molar-refractivity contribution in [3.63, 3.8) is 0 Å². The number of fused-ring (bicyclic) bond motifs is 2. The largest absolute Gasteiger partial charge is 0.371 e. The minimum atomic E-state index is 1.27. The predicted molar refractivity (Wildman–Crippen MR) is 70.7 cm³/mol. The first-order chi connectivity index (χ1) is 7.93. The number of aryl methyl sites for hydroxylation is 2. The number of benzene rings is 1. The molecule has 1 nitrogen and oxygen atoms in total. The molecule has 2 aromatic rings. The van der Waals surface area contributed by atoms with Crippen molar-refractivity contribution in [3.8, 4) is 0 Å². The Hall–Kier alpha value is -1.02. The standard InChI is InChI=1S/C14H15NS/c1-3-10-9-11-5-8-16-14(11)12-4-2-7-15(6-1)13(10)12/h5,8-9H,1-4,6-7H2. The molecule has 82 valence electrons. The number of hydrogen-bond acceptors (Lipinski definition) is 2. The van der Waals surface area contributed by atoms with Crippen molar-refractivity contribution < 1.29 is 0 Å². The zero-order valence-corrected chi connectivity index (χ0v) is 10.1. The Morgan fingerprint density at radius 1 is 1.12 bits per heavy atom. The van der Waals surface area contributed by atoms with E-state index in [2.05, 4.69) is 22.4 Å². The Morgan fingerprint density at radius 3 is 2.94 bits per heavy atom. The lowest BCUT2D eigenvalue weighted by Crippen LogP contribution is -2.34. The Morgan fingerprint density at radius 2 is 2.00 bits per heavy atom. The van der Waals surface area contributed by atoms with E-state index in [1.165, 1.54) is 44.2 Å². The van der Waals surface area contributed by atoms with E-state index in [1.807, 2.05) is 11.3 Å². The Kier molecular flexibility index (Phi) is 1.83. The zero-order valence-electron chi connectivity index (χ0n) is 9.33. The summed E-state index contributed by atoms with van der Waals surface area (Å²) in [6.45, 7) is 2.55. The first-order valence-corrected chi connectivity index (χ1v) is 7.08. The molecule has 0 saturated carbocycles. The van der Waals surface area contributed by atoms with Gasteiger partial charge in [-0.15, -0.1) is 11.3 Å². The molecule has 0 fully saturated rings. The fraction of sp³-hybridized carbons (Fsp3) is 0.429. The van der Waals surface area contributed by atoms with E-state index in [9.17, 15) is 0 Å². The van der Waals surface area contributed by atoms with Crippen LogP contribution in [0.2, 0.25) is 0 Å². The third-order valence-electron chi connectivity index (χ3n) is 3.93. The lowest BCUT2D eigenvalue weighted by Gasteiger charge is -2.37. The normalized spacial score (nSPS) is 18.9. The molecule has 1 aromatic heterocycles. The predicted octanol–water partition coefficient (Wildman–Crippen LogP) is 3.60. The van der Waals surface area contributed by atoms with Crippen LogP contribution in [0, 0.1) is 0 Å². The van der Waals surface area contributed by atoms with E-state index < -0.39 is 0 Å². The van der Waals surface area contributed by atoms with Crippen LogP contribution in [0.1, 0.15) is 24.0 Å². The van der Waals surface area contributed by atoms with Crippen molar-refractivity contribution in [2.45, 2.75) is 25.7 Å². The maximum absolute atomic E-state index is 2.62. The summed E-state index contributed by atoms with van der Waals surface area (Å²) >= 11 is 1.92. The van der Waals surface area contributed by atoms with Crippen LogP contribution in [0.5, 0.6) is 0 Å². The van der Waals surface area contributed by atoms with Gasteiger partial charge in [0.15, 0.2) is 0 Å². The average molecular weight is 229 g/mol. The van der Waals surface area contributed by atoms with Crippen molar-refractivity contribution in [1.82, 2.24) is 0 Å². The third kappa shape index (κ3) is 1.11. The molecule has 1 aromatic carbocycles. The fourth-order valence-electron chi connectivity index (χ4n) is 3.29. The van der Waals surface area contributed by atoms with Gasteiger partial charge in [-0.25, -0.2) is 0 Å². The molecular weight excluding hydrogens is 214 g/mol. The van der Waals surface area contributed by atoms with Crippen LogP contribution in [0.3, 0.4) is 0 Å². The van der Waals surface area contributed by atoms with Crippen molar-refractivity contribution in [3.05, 3.63) is 28.6 Å². The smallest absolute Gasteiger partial charge is 0.0445 e. The molecule has 0 bridgehead atoms. The number of anilines is 1. The highest BCUT2D eigenvalue weighted by Gasteiger charge is 2.25. The van der Waals surface area contributed by atoms with Crippen molar-refractivity contribution in [1.29, 1.82) is 0 Å². The monoisotopic (exact) mass is 229 g/mol. The van der Waals surface area contributed by atoms with Gasteiger partial charge in [-0.2, -0.15) is 0 Å². The van der Waals surface area contributed by atoms with Crippen LogP contribution >= 0.6 is 11.3 Å². The SMILES string of the molecule is c1cc2cc3c4c(c2s1)CCCN4CCC3. The molecule has 2 heteroatoms. The van der Waals surface area contributed by atoms with Crippen LogP contribution < -0.4 is 4.90 Å². The van der Waals surface area contributed by atoms with Gasteiger partial charge < -0.3 is 4.90 Å². The molecule has 2 aliphatic heterocycles. The van der Waals surface area contributed by atoms with E-state index in [-0.39, 0.29) is 0 Å². The lowest BCUT2D eigenvalue weighted by molar-refractivity contribution is 0.637. The highest BCUT2D eigenvalue weighted by Crippen LogP contribution is 2.41. The summed E-state index contributed by atoms with van der Waals surface area (Å²) in [4.78, 5) is 2.62. The summed E-state index contributed by atoms with van der Waals surface area (Å²) in [5.41, 5.74) is 4.85. The molecular formula is C14H15NS. The maximum atomic E-state index is 2.62. The van der Waals surface area contributed by atoms with Crippen molar-refractivity contribution in [2.75, 3.05) is 18.0 Å². The zero-order chi connectivity index (χ0) is 10.5. The molecule has 4 rings (SSSR count). The highest BCUT2D eigenvalue weighted by molar-refractivity contribution is 7.17. The van der Waals surface area contributed by atoms with Gasteiger partial charge in [0.2, 0.25) is 0 Å². The van der Waals surface area contributed by atoms with Gasteiger partial charge in [-0.3, -0.25) is 0 Å². The quantitative estimate of drug-likeness (QED) is 0.667. The van der Waals surface area contributed by atoms with Gasteiger partial charge in [0.05, 0.1) is 0 Å². The lowest BCUT2D eigenvalue weighted by atomic mass is 9.91. The highest BCUT2D eigenvalue weighted by atomic mass is 32.1. The second-order valence-electron chi connectivity index (χ2n) is 4.90. The van der Waals surface area contributed by atoms with Crippen LogP contribution in [0.25, 0.3) is 10.1 Å². The molecule has 0 spiro atoms. The van der Waals surface area contributed by atoms with Gasteiger partial charge in [0.25, 0.3) is 0 Å².